The zero-order valence-electron chi connectivity index (χ0n) is 15.6. The molecule has 2 saturated carbocycles. The summed E-state index contributed by atoms with van der Waals surface area (Å²) in [6.07, 6.45) is 6.73. The number of hydrogen-bond donors (Lipinski definition) is 1. The van der Waals surface area contributed by atoms with Crippen LogP contribution in [0, 0.1) is 17.8 Å². The van der Waals surface area contributed by atoms with E-state index in [2.05, 4.69) is 12.2 Å². The molecular weight excluding hydrogens is 383 g/mol. The van der Waals surface area contributed by atoms with E-state index in [0.717, 1.165) is 18.3 Å². The largest absolute Gasteiger partial charge is 0.352 e. The smallest absolute Gasteiger partial charge is 0.256 e. The highest BCUT2D eigenvalue weighted by Gasteiger charge is 2.43. The molecule has 5 unspecified atom stereocenters. The molecule has 5 atom stereocenters. The Morgan fingerprint density at radius 3 is 2.70 bits per heavy atom. The molecule has 0 radical (unpaired) electrons. The number of amides is 2. The quantitative estimate of drug-likeness (QED) is 0.794. The van der Waals surface area contributed by atoms with Gasteiger partial charge >= 0.3 is 0 Å². The first-order chi connectivity index (χ1) is 12.9. The molecule has 2 bridgehead atoms. The number of rotatable bonds is 4. The van der Waals surface area contributed by atoms with Crippen LogP contribution in [0.5, 0.6) is 0 Å². The molecule has 2 amide bonds. The van der Waals surface area contributed by atoms with E-state index in [0.29, 0.717) is 34.5 Å². The number of fused-ring (bicyclic) bond motifs is 2. The molecule has 1 aromatic rings. The number of carbonyl (C=O) groups excluding carboxylic acids is 2. The van der Waals surface area contributed by atoms with Gasteiger partial charge in [-0.25, -0.2) is 0 Å². The van der Waals surface area contributed by atoms with Crippen molar-refractivity contribution in [3.63, 3.8) is 0 Å². The second-order valence-electron chi connectivity index (χ2n) is 8.42. The molecule has 1 aliphatic heterocycles. The average Bonchev–Trinajstić information content (AvgIpc) is 3.39. The molecule has 6 heteroatoms. The second-order valence-corrected chi connectivity index (χ2v) is 9.26. The first-order valence-electron chi connectivity index (χ1n) is 10.0. The fourth-order valence-electron chi connectivity index (χ4n) is 5.43. The van der Waals surface area contributed by atoms with Crippen LogP contribution < -0.4 is 5.32 Å². The van der Waals surface area contributed by atoms with E-state index in [1.807, 2.05) is 0 Å². The third kappa shape index (κ3) is 3.71. The summed E-state index contributed by atoms with van der Waals surface area (Å²) in [7, 11) is 0. The number of likely N-dealkylation sites (tertiary alicyclic amines) is 1. The average molecular weight is 409 g/mol. The highest BCUT2D eigenvalue weighted by molar-refractivity contribution is 6.35. The molecule has 0 aromatic heterocycles. The Labute approximate surface area is 170 Å². The Morgan fingerprint density at radius 2 is 2.00 bits per heavy atom. The van der Waals surface area contributed by atoms with Crippen molar-refractivity contribution in [2.24, 2.45) is 17.8 Å². The fourth-order valence-corrected chi connectivity index (χ4v) is 5.80. The van der Waals surface area contributed by atoms with Crippen molar-refractivity contribution in [3.05, 3.63) is 33.8 Å². The van der Waals surface area contributed by atoms with Crippen LogP contribution in [0.2, 0.25) is 10.0 Å². The number of nitrogens with one attached hydrogen (secondary N) is 1. The first kappa shape index (κ1) is 19.1. The molecule has 3 fully saturated rings. The summed E-state index contributed by atoms with van der Waals surface area (Å²) in [6.45, 7) is 2.69. The van der Waals surface area contributed by atoms with Gasteiger partial charge in [0.1, 0.15) is 6.04 Å². The number of carbonyl (C=O) groups is 2. The lowest BCUT2D eigenvalue weighted by Gasteiger charge is -2.31. The summed E-state index contributed by atoms with van der Waals surface area (Å²) in [4.78, 5) is 27.6. The zero-order valence-corrected chi connectivity index (χ0v) is 17.1. The third-order valence-corrected chi connectivity index (χ3v) is 7.34. The monoisotopic (exact) mass is 408 g/mol. The molecule has 1 aromatic carbocycles. The predicted octanol–water partition coefficient (Wildman–Crippen LogP) is 4.54. The minimum atomic E-state index is -0.423. The standard InChI is InChI=1S/C21H26Cl2N2O2/c1-12(16-10-13-4-5-14(16)9-13)24-20(26)19-3-2-8-25(19)21(27)17-11-15(22)6-7-18(17)23/h6-7,11-14,16,19H,2-5,8-10H2,1H3,(H,24,26). The molecular formula is C21H26Cl2N2O2. The van der Waals surface area contributed by atoms with E-state index in [-0.39, 0.29) is 17.9 Å². The summed E-state index contributed by atoms with van der Waals surface area (Å²) in [6, 6.07) is 4.61. The Bertz CT molecular complexity index is 754. The van der Waals surface area contributed by atoms with Crippen LogP contribution in [0.4, 0.5) is 0 Å². The molecule has 0 spiro atoms. The van der Waals surface area contributed by atoms with Gasteiger partial charge < -0.3 is 10.2 Å². The molecule has 1 heterocycles. The van der Waals surface area contributed by atoms with Crippen molar-refractivity contribution in [2.45, 2.75) is 57.5 Å². The van der Waals surface area contributed by atoms with E-state index >= 15 is 0 Å². The maximum Gasteiger partial charge on any atom is 0.256 e. The minimum absolute atomic E-state index is 0.0331. The molecule has 1 saturated heterocycles. The highest BCUT2D eigenvalue weighted by atomic mass is 35.5. The van der Waals surface area contributed by atoms with Gasteiger partial charge in [0.15, 0.2) is 0 Å². The third-order valence-electron chi connectivity index (χ3n) is 6.78. The van der Waals surface area contributed by atoms with Crippen molar-refractivity contribution in [1.82, 2.24) is 10.2 Å². The normalized spacial score (nSPS) is 30.6. The van der Waals surface area contributed by atoms with E-state index in [1.54, 1.807) is 23.1 Å². The van der Waals surface area contributed by atoms with Gasteiger partial charge in [0.05, 0.1) is 10.6 Å². The Kier molecular flexibility index (Phi) is 5.39. The van der Waals surface area contributed by atoms with Crippen LogP contribution in [0.3, 0.4) is 0 Å². The first-order valence-corrected chi connectivity index (χ1v) is 10.8. The van der Waals surface area contributed by atoms with Crippen molar-refractivity contribution in [3.8, 4) is 0 Å². The summed E-state index contributed by atoms with van der Waals surface area (Å²) < 4.78 is 0. The lowest BCUT2D eigenvalue weighted by Crippen LogP contribution is -2.50. The van der Waals surface area contributed by atoms with Crippen LogP contribution in [-0.2, 0) is 4.79 Å². The number of benzene rings is 1. The summed E-state index contributed by atoms with van der Waals surface area (Å²) in [5.41, 5.74) is 0.366. The molecule has 27 heavy (non-hydrogen) atoms. The van der Waals surface area contributed by atoms with Gasteiger partial charge in [-0.2, -0.15) is 0 Å². The minimum Gasteiger partial charge on any atom is -0.352 e. The van der Waals surface area contributed by atoms with Crippen LogP contribution >= 0.6 is 23.2 Å². The van der Waals surface area contributed by atoms with Crippen molar-refractivity contribution < 1.29 is 9.59 Å². The van der Waals surface area contributed by atoms with Gasteiger partial charge in [-0.3, -0.25) is 9.59 Å². The van der Waals surface area contributed by atoms with E-state index in [4.69, 9.17) is 23.2 Å². The van der Waals surface area contributed by atoms with Gasteiger partial charge in [0.2, 0.25) is 5.91 Å². The van der Waals surface area contributed by atoms with Gasteiger partial charge in [-0.1, -0.05) is 29.6 Å². The number of nitrogens with zero attached hydrogens (tertiary/aromatic N) is 1. The molecule has 1 N–H and O–H groups in total. The van der Waals surface area contributed by atoms with Crippen LogP contribution in [0.1, 0.15) is 55.8 Å². The molecule has 4 nitrogen and oxygen atoms in total. The van der Waals surface area contributed by atoms with Crippen LogP contribution in [0.15, 0.2) is 18.2 Å². The number of hydrogen-bond acceptors (Lipinski definition) is 2. The predicted molar refractivity (Wildman–Crippen MR) is 107 cm³/mol. The van der Waals surface area contributed by atoms with Gasteiger partial charge in [-0.05, 0) is 75.0 Å². The van der Waals surface area contributed by atoms with Gasteiger partial charge in [-0.15, -0.1) is 0 Å². The van der Waals surface area contributed by atoms with Crippen molar-refractivity contribution in [2.75, 3.05) is 6.54 Å². The highest BCUT2D eigenvalue weighted by Crippen LogP contribution is 2.49. The zero-order chi connectivity index (χ0) is 19.1. The SMILES string of the molecule is CC(NC(=O)C1CCCN1C(=O)c1cc(Cl)ccc1Cl)C1CC2CCC1C2. The maximum absolute atomic E-state index is 13.0. The van der Waals surface area contributed by atoms with E-state index in [9.17, 15) is 9.59 Å². The summed E-state index contributed by atoms with van der Waals surface area (Å²) in [5, 5.41) is 4.05. The van der Waals surface area contributed by atoms with E-state index < -0.39 is 6.04 Å². The van der Waals surface area contributed by atoms with Crippen molar-refractivity contribution >= 4 is 35.0 Å². The molecule has 2 aliphatic carbocycles. The Morgan fingerprint density at radius 1 is 1.19 bits per heavy atom. The topological polar surface area (TPSA) is 49.4 Å². The summed E-state index contributed by atoms with van der Waals surface area (Å²) in [5.74, 6) is 1.95. The maximum atomic E-state index is 13.0. The Balaban J connectivity index is 1.43. The molecule has 146 valence electrons. The second kappa shape index (κ2) is 7.63. The fraction of sp³-hybridized carbons (Fsp3) is 0.619. The molecule has 3 aliphatic rings. The van der Waals surface area contributed by atoms with Crippen LogP contribution in [0.25, 0.3) is 0 Å². The van der Waals surface area contributed by atoms with Crippen LogP contribution in [-0.4, -0.2) is 35.3 Å². The van der Waals surface area contributed by atoms with E-state index in [1.165, 1.54) is 25.7 Å². The summed E-state index contributed by atoms with van der Waals surface area (Å²) >= 11 is 12.2. The molecule has 4 rings (SSSR count). The number of halogens is 2. The van der Waals surface area contributed by atoms with Gasteiger partial charge in [0, 0.05) is 17.6 Å². The van der Waals surface area contributed by atoms with Gasteiger partial charge in [0.25, 0.3) is 5.91 Å². The van der Waals surface area contributed by atoms with Crippen molar-refractivity contribution in [1.29, 1.82) is 0 Å². The lowest BCUT2D eigenvalue weighted by molar-refractivity contribution is -0.125. The Hall–Kier alpha value is -1.26. The lowest BCUT2D eigenvalue weighted by atomic mass is 9.84.